The number of rotatable bonds is 9. The first kappa shape index (κ1) is 31.9. The van der Waals surface area contributed by atoms with Crippen LogP contribution in [0.1, 0.15) is 132 Å². The lowest BCUT2D eigenvalue weighted by Gasteiger charge is -2.63. The van der Waals surface area contributed by atoms with Gasteiger partial charge in [-0.2, -0.15) is 0 Å². The standard InChI is InChI=1S/C36H62O5/c1-8-36-19-18-35(7)28-15-16-31(41-32-21-24(38)20-25(22-37)40-32)34(5,6)27(28)12-13-29(35)30(36)14-11-26(36)23(2)10-9-17-33(3,4)39/h12,23-26,28-32,37-39H,8-11,13-22H2,1-7H3/t23-,24+,25?,26?,28?,29?,30?,31+,32+,35+,36?/m1/s1. The van der Waals surface area contributed by atoms with Crippen LogP contribution in [0.25, 0.3) is 0 Å². The van der Waals surface area contributed by atoms with Gasteiger partial charge in [0.25, 0.3) is 0 Å². The highest BCUT2D eigenvalue weighted by Crippen LogP contribution is 2.71. The molecule has 3 saturated carbocycles. The second kappa shape index (κ2) is 11.8. The fourth-order valence-electron chi connectivity index (χ4n) is 11.2. The second-order valence-electron chi connectivity index (χ2n) is 16.5. The second-order valence-corrected chi connectivity index (χ2v) is 16.5. The first-order valence-corrected chi connectivity index (χ1v) is 17.3. The van der Waals surface area contributed by atoms with Gasteiger partial charge in [0.15, 0.2) is 6.29 Å². The molecule has 5 nitrogen and oxygen atoms in total. The normalized spacial score (nSPS) is 44.9. The maximum absolute atomic E-state index is 10.3. The molecule has 1 aliphatic heterocycles. The molecule has 5 aliphatic rings. The Morgan fingerprint density at radius 3 is 2.51 bits per heavy atom. The molecule has 0 bridgehead atoms. The largest absolute Gasteiger partial charge is 0.394 e. The summed E-state index contributed by atoms with van der Waals surface area (Å²) in [5.41, 5.74) is 1.84. The summed E-state index contributed by atoms with van der Waals surface area (Å²) in [6.45, 7) is 16.2. The summed E-state index contributed by atoms with van der Waals surface area (Å²) in [4.78, 5) is 0. The van der Waals surface area contributed by atoms with Crippen molar-refractivity contribution in [1.29, 1.82) is 0 Å². The van der Waals surface area contributed by atoms with Gasteiger partial charge in [-0.1, -0.05) is 59.1 Å². The Bertz CT molecular complexity index is 937. The van der Waals surface area contributed by atoms with Gasteiger partial charge in [0, 0.05) is 18.3 Å². The molecule has 0 spiro atoms. The van der Waals surface area contributed by atoms with Crippen LogP contribution in [0.15, 0.2) is 11.6 Å². The summed E-state index contributed by atoms with van der Waals surface area (Å²) in [6, 6.07) is 0. The molecule has 4 fully saturated rings. The van der Waals surface area contributed by atoms with Crippen LogP contribution in [0, 0.1) is 45.8 Å². The van der Waals surface area contributed by atoms with Crippen molar-refractivity contribution in [2.24, 2.45) is 45.8 Å². The van der Waals surface area contributed by atoms with Crippen molar-refractivity contribution in [2.75, 3.05) is 6.61 Å². The lowest BCUT2D eigenvalue weighted by Crippen LogP contribution is -2.56. The lowest BCUT2D eigenvalue weighted by molar-refractivity contribution is -0.255. The third-order valence-corrected chi connectivity index (χ3v) is 13.4. The van der Waals surface area contributed by atoms with E-state index < -0.39 is 18.0 Å². The van der Waals surface area contributed by atoms with E-state index in [2.05, 4.69) is 40.7 Å². The SMILES string of the molecule is CCC12CC[C@@]3(C)C4CC[C@H](O[C@H]5C[C@@H](O)CC(CO)O5)C(C)(C)C4=CCC3C1CCC2[C@H](C)CCCC(C)(C)O. The number of aliphatic hydroxyl groups is 3. The number of hydrogen-bond donors (Lipinski definition) is 3. The number of allylic oxidation sites excluding steroid dienone is 1. The van der Waals surface area contributed by atoms with Crippen LogP contribution in [-0.2, 0) is 9.47 Å². The summed E-state index contributed by atoms with van der Waals surface area (Å²) in [7, 11) is 0. The summed E-state index contributed by atoms with van der Waals surface area (Å²) < 4.78 is 12.6. The van der Waals surface area contributed by atoms with Gasteiger partial charge in [0.05, 0.1) is 30.5 Å². The van der Waals surface area contributed by atoms with Crippen molar-refractivity contribution in [3.8, 4) is 0 Å². The average molecular weight is 575 g/mol. The number of fused-ring (bicyclic) bond motifs is 5. The minimum Gasteiger partial charge on any atom is -0.394 e. The van der Waals surface area contributed by atoms with Gasteiger partial charge in [-0.3, -0.25) is 0 Å². The van der Waals surface area contributed by atoms with Crippen LogP contribution in [-0.4, -0.2) is 52.1 Å². The Morgan fingerprint density at radius 2 is 1.83 bits per heavy atom. The highest BCUT2D eigenvalue weighted by molar-refractivity contribution is 5.29. The van der Waals surface area contributed by atoms with Gasteiger partial charge in [-0.15, -0.1) is 0 Å². The molecule has 0 amide bonds. The molecule has 6 unspecified atom stereocenters. The van der Waals surface area contributed by atoms with E-state index in [-0.39, 0.29) is 24.2 Å². The summed E-state index contributed by atoms with van der Waals surface area (Å²) >= 11 is 0. The van der Waals surface area contributed by atoms with E-state index in [4.69, 9.17) is 9.47 Å². The molecule has 1 saturated heterocycles. The first-order chi connectivity index (χ1) is 19.2. The molecule has 1 heterocycles. The Hall–Kier alpha value is -0.460. The Balaban J connectivity index is 1.31. The van der Waals surface area contributed by atoms with Crippen molar-refractivity contribution < 1.29 is 24.8 Å². The zero-order valence-electron chi connectivity index (χ0n) is 27.3. The average Bonchev–Trinajstić information content (AvgIpc) is 3.29. The quantitative estimate of drug-likeness (QED) is 0.250. The van der Waals surface area contributed by atoms with E-state index in [1.54, 1.807) is 5.57 Å². The summed E-state index contributed by atoms with van der Waals surface area (Å²) in [5.74, 6) is 3.78. The fourth-order valence-corrected chi connectivity index (χ4v) is 11.2. The highest BCUT2D eigenvalue weighted by atomic mass is 16.7. The third-order valence-electron chi connectivity index (χ3n) is 13.4. The van der Waals surface area contributed by atoms with Gasteiger partial charge in [0.2, 0.25) is 0 Å². The van der Waals surface area contributed by atoms with Gasteiger partial charge in [-0.25, -0.2) is 0 Å². The first-order valence-electron chi connectivity index (χ1n) is 17.3. The van der Waals surface area contributed by atoms with Gasteiger partial charge in [-0.05, 0) is 112 Å². The van der Waals surface area contributed by atoms with Crippen LogP contribution in [0.5, 0.6) is 0 Å². The molecule has 4 aliphatic carbocycles. The van der Waals surface area contributed by atoms with E-state index in [0.29, 0.717) is 29.6 Å². The molecule has 0 aromatic heterocycles. The van der Waals surface area contributed by atoms with Crippen molar-refractivity contribution in [1.82, 2.24) is 0 Å². The Morgan fingerprint density at radius 1 is 1.07 bits per heavy atom. The maximum atomic E-state index is 10.3. The predicted molar refractivity (Wildman–Crippen MR) is 164 cm³/mol. The van der Waals surface area contributed by atoms with Crippen LogP contribution in [0.3, 0.4) is 0 Å². The molecular formula is C36H62O5. The number of aliphatic hydroxyl groups excluding tert-OH is 2. The smallest absolute Gasteiger partial charge is 0.160 e. The molecule has 236 valence electrons. The van der Waals surface area contributed by atoms with Crippen molar-refractivity contribution in [3.63, 3.8) is 0 Å². The van der Waals surface area contributed by atoms with Crippen molar-refractivity contribution in [2.45, 2.75) is 162 Å². The predicted octanol–water partition coefficient (Wildman–Crippen LogP) is 7.41. The zero-order valence-corrected chi connectivity index (χ0v) is 27.3. The third kappa shape index (κ3) is 5.86. The molecule has 0 aromatic rings. The van der Waals surface area contributed by atoms with Crippen molar-refractivity contribution in [3.05, 3.63) is 11.6 Å². The zero-order chi connectivity index (χ0) is 29.8. The summed E-state index contributed by atoms with van der Waals surface area (Å²) in [5, 5.41) is 30.2. The summed E-state index contributed by atoms with van der Waals surface area (Å²) in [6.07, 6.45) is 15.9. The van der Waals surface area contributed by atoms with E-state index >= 15 is 0 Å². The van der Waals surface area contributed by atoms with Crippen LogP contribution < -0.4 is 0 Å². The molecule has 41 heavy (non-hydrogen) atoms. The van der Waals surface area contributed by atoms with Crippen LogP contribution in [0.2, 0.25) is 0 Å². The van der Waals surface area contributed by atoms with Crippen molar-refractivity contribution >= 4 is 0 Å². The molecule has 5 heteroatoms. The monoisotopic (exact) mass is 574 g/mol. The van der Waals surface area contributed by atoms with Crippen LogP contribution in [0.4, 0.5) is 0 Å². The Kier molecular flexibility index (Phi) is 9.20. The molecule has 0 aromatic carbocycles. The van der Waals surface area contributed by atoms with E-state index in [1.165, 1.54) is 51.4 Å². The van der Waals surface area contributed by atoms with Gasteiger partial charge in [0.1, 0.15) is 0 Å². The maximum Gasteiger partial charge on any atom is 0.160 e. The minimum absolute atomic E-state index is 0.0656. The highest BCUT2D eigenvalue weighted by Gasteiger charge is 2.63. The molecule has 0 radical (unpaired) electrons. The van der Waals surface area contributed by atoms with Gasteiger partial charge < -0.3 is 24.8 Å². The molecule has 5 rings (SSSR count). The Labute approximate surface area is 250 Å². The fraction of sp³-hybridized carbons (Fsp3) is 0.944. The van der Waals surface area contributed by atoms with Gasteiger partial charge >= 0.3 is 0 Å². The lowest BCUT2D eigenvalue weighted by atomic mass is 9.42. The molecule has 3 N–H and O–H groups in total. The number of ether oxygens (including phenoxy) is 2. The number of hydrogen-bond acceptors (Lipinski definition) is 5. The molecular weight excluding hydrogens is 512 g/mol. The van der Waals surface area contributed by atoms with E-state index in [1.807, 2.05) is 13.8 Å². The van der Waals surface area contributed by atoms with Crippen LogP contribution >= 0.6 is 0 Å². The topological polar surface area (TPSA) is 79.2 Å². The minimum atomic E-state index is -0.552. The molecule has 11 atom stereocenters. The van der Waals surface area contributed by atoms with E-state index in [0.717, 1.165) is 42.9 Å². The van der Waals surface area contributed by atoms with E-state index in [9.17, 15) is 15.3 Å².